The van der Waals surface area contributed by atoms with Crippen LogP contribution in [0.15, 0.2) is 42.0 Å². The number of hydrogen-bond donors (Lipinski definition) is 0. The number of thiazole rings is 1. The van der Waals surface area contributed by atoms with Gasteiger partial charge in [-0.2, -0.15) is 0 Å². The van der Waals surface area contributed by atoms with Crippen LogP contribution in [-0.4, -0.2) is 9.97 Å². The van der Waals surface area contributed by atoms with E-state index >= 15 is 0 Å². The number of benzene rings is 1. The summed E-state index contributed by atoms with van der Waals surface area (Å²) >= 11 is 13.8. The van der Waals surface area contributed by atoms with Gasteiger partial charge < -0.3 is 0 Å². The van der Waals surface area contributed by atoms with Crippen molar-refractivity contribution in [3.8, 4) is 21.8 Å². The van der Waals surface area contributed by atoms with Crippen molar-refractivity contribution in [3.05, 3.63) is 57.6 Å². The lowest BCUT2D eigenvalue weighted by Gasteiger charge is -2.03. The van der Waals surface area contributed by atoms with E-state index in [4.69, 9.17) is 28.2 Å². The van der Waals surface area contributed by atoms with Crippen molar-refractivity contribution in [2.45, 2.75) is 13.3 Å². The summed E-state index contributed by atoms with van der Waals surface area (Å²) in [5.41, 5.74) is 4.09. The molecule has 0 fully saturated rings. The molecule has 2 heterocycles. The van der Waals surface area contributed by atoms with E-state index in [1.807, 2.05) is 36.0 Å². The van der Waals surface area contributed by atoms with Gasteiger partial charge in [0, 0.05) is 33.9 Å². The van der Waals surface area contributed by atoms with Crippen LogP contribution in [-0.2, 0) is 6.42 Å². The molecule has 0 atom stereocenters. The Morgan fingerprint density at radius 1 is 1.14 bits per heavy atom. The molecule has 3 rings (SSSR count). The predicted octanol–water partition coefficient (Wildman–Crippen LogP) is 5.74. The van der Waals surface area contributed by atoms with Crippen molar-refractivity contribution in [1.29, 1.82) is 0 Å². The topological polar surface area (TPSA) is 25.8 Å². The molecule has 2 nitrogen and oxygen atoms in total. The average Bonchev–Trinajstić information content (AvgIpc) is 2.96. The van der Waals surface area contributed by atoms with Gasteiger partial charge in [-0.15, -0.1) is 11.3 Å². The van der Waals surface area contributed by atoms with Crippen molar-refractivity contribution >= 4 is 34.5 Å². The van der Waals surface area contributed by atoms with Crippen molar-refractivity contribution in [2.75, 3.05) is 0 Å². The first-order chi connectivity index (χ1) is 10.2. The Labute approximate surface area is 137 Å². The second-order valence-corrected chi connectivity index (χ2v) is 6.25. The summed E-state index contributed by atoms with van der Waals surface area (Å²) in [5, 5.41) is 4.21. The zero-order chi connectivity index (χ0) is 14.8. The fourth-order valence-corrected chi connectivity index (χ4v) is 3.51. The third kappa shape index (κ3) is 2.95. The van der Waals surface area contributed by atoms with Crippen LogP contribution in [0.25, 0.3) is 21.8 Å². The second kappa shape index (κ2) is 6.14. The molecule has 0 spiro atoms. The highest BCUT2D eigenvalue weighted by Crippen LogP contribution is 2.34. The van der Waals surface area contributed by atoms with E-state index in [9.17, 15) is 0 Å². The monoisotopic (exact) mass is 334 g/mol. The van der Waals surface area contributed by atoms with Crippen LogP contribution in [0.4, 0.5) is 0 Å². The Morgan fingerprint density at radius 3 is 2.76 bits per heavy atom. The number of halogens is 2. The lowest BCUT2D eigenvalue weighted by Crippen LogP contribution is -1.88. The number of pyridine rings is 1. The van der Waals surface area contributed by atoms with E-state index < -0.39 is 0 Å². The minimum Gasteiger partial charge on any atom is -0.264 e. The quantitative estimate of drug-likeness (QED) is 0.610. The van der Waals surface area contributed by atoms with Gasteiger partial charge in [-0.1, -0.05) is 30.1 Å². The first kappa shape index (κ1) is 14.5. The zero-order valence-electron chi connectivity index (χ0n) is 11.3. The smallest absolute Gasteiger partial charge is 0.125 e. The van der Waals surface area contributed by atoms with Crippen LogP contribution >= 0.6 is 34.5 Å². The van der Waals surface area contributed by atoms with Crippen LogP contribution < -0.4 is 0 Å². The standard InChI is InChI=1S/C16H12Cl2N2S/c1-2-10-5-6-19-8-13(10)16-20-15(9-21-16)12-4-3-11(17)7-14(12)18/h3-9H,2H2,1H3. The normalized spacial score (nSPS) is 10.8. The molecular weight excluding hydrogens is 323 g/mol. The Morgan fingerprint density at radius 2 is 2.00 bits per heavy atom. The molecule has 0 N–H and O–H groups in total. The molecule has 0 saturated heterocycles. The highest BCUT2D eigenvalue weighted by Gasteiger charge is 2.12. The molecular formula is C16H12Cl2N2S. The predicted molar refractivity (Wildman–Crippen MR) is 90.2 cm³/mol. The van der Waals surface area contributed by atoms with Gasteiger partial charge in [-0.25, -0.2) is 4.98 Å². The van der Waals surface area contributed by atoms with Gasteiger partial charge in [-0.3, -0.25) is 4.98 Å². The molecule has 1 aromatic carbocycles. The third-order valence-corrected chi connectivity index (χ3v) is 4.66. The first-order valence-corrected chi connectivity index (χ1v) is 8.17. The van der Waals surface area contributed by atoms with Gasteiger partial charge in [0.2, 0.25) is 0 Å². The molecule has 0 bridgehead atoms. The highest BCUT2D eigenvalue weighted by molar-refractivity contribution is 7.13. The van der Waals surface area contributed by atoms with Gasteiger partial charge in [0.25, 0.3) is 0 Å². The largest absolute Gasteiger partial charge is 0.264 e. The first-order valence-electron chi connectivity index (χ1n) is 6.53. The van der Waals surface area contributed by atoms with Crippen molar-refractivity contribution in [2.24, 2.45) is 0 Å². The van der Waals surface area contributed by atoms with Crippen LogP contribution in [0.5, 0.6) is 0 Å². The maximum Gasteiger partial charge on any atom is 0.125 e. The lowest BCUT2D eigenvalue weighted by molar-refractivity contribution is 1.12. The van der Waals surface area contributed by atoms with Crippen LogP contribution in [0.2, 0.25) is 10.0 Å². The SMILES string of the molecule is CCc1ccncc1-c1nc(-c2ccc(Cl)cc2Cl)cs1. The molecule has 0 saturated carbocycles. The molecule has 3 aromatic rings. The molecule has 5 heteroatoms. The maximum absolute atomic E-state index is 6.25. The summed E-state index contributed by atoms with van der Waals surface area (Å²) in [4.78, 5) is 8.90. The Kier molecular flexibility index (Phi) is 4.24. The van der Waals surface area contributed by atoms with Gasteiger partial charge >= 0.3 is 0 Å². The summed E-state index contributed by atoms with van der Waals surface area (Å²) in [5.74, 6) is 0. The van der Waals surface area contributed by atoms with E-state index in [0.29, 0.717) is 10.0 Å². The van der Waals surface area contributed by atoms with Gasteiger partial charge in [0.1, 0.15) is 5.01 Å². The molecule has 0 aliphatic heterocycles. The van der Waals surface area contributed by atoms with Crippen LogP contribution in [0, 0.1) is 0 Å². The van der Waals surface area contributed by atoms with Crippen LogP contribution in [0.1, 0.15) is 12.5 Å². The van der Waals surface area contributed by atoms with E-state index in [-0.39, 0.29) is 0 Å². The lowest BCUT2D eigenvalue weighted by atomic mass is 10.1. The third-order valence-electron chi connectivity index (χ3n) is 3.23. The zero-order valence-corrected chi connectivity index (χ0v) is 13.6. The fourth-order valence-electron chi connectivity index (χ4n) is 2.14. The van der Waals surface area contributed by atoms with Gasteiger partial charge in [0.05, 0.1) is 10.7 Å². The van der Waals surface area contributed by atoms with E-state index in [1.165, 1.54) is 5.56 Å². The fraction of sp³-hybridized carbons (Fsp3) is 0.125. The minimum absolute atomic E-state index is 0.612. The molecule has 21 heavy (non-hydrogen) atoms. The molecule has 0 unspecified atom stereocenters. The highest BCUT2D eigenvalue weighted by atomic mass is 35.5. The van der Waals surface area contributed by atoms with Crippen LogP contribution in [0.3, 0.4) is 0 Å². The van der Waals surface area contributed by atoms with Crippen molar-refractivity contribution in [1.82, 2.24) is 9.97 Å². The summed E-state index contributed by atoms with van der Waals surface area (Å²) < 4.78 is 0. The van der Waals surface area contributed by atoms with E-state index in [2.05, 4.69) is 11.9 Å². The molecule has 2 aromatic heterocycles. The Balaban J connectivity index is 2.04. The average molecular weight is 335 g/mol. The van der Waals surface area contributed by atoms with Crippen molar-refractivity contribution < 1.29 is 0 Å². The number of rotatable bonds is 3. The number of aryl methyl sites for hydroxylation is 1. The van der Waals surface area contributed by atoms with Crippen molar-refractivity contribution in [3.63, 3.8) is 0 Å². The summed E-state index contributed by atoms with van der Waals surface area (Å²) in [6, 6.07) is 7.49. The number of nitrogens with zero attached hydrogens (tertiary/aromatic N) is 2. The molecule has 0 aliphatic carbocycles. The number of aromatic nitrogens is 2. The minimum atomic E-state index is 0.612. The van der Waals surface area contributed by atoms with E-state index in [1.54, 1.807) is 17.4 Å². The van der Waals surface area contributed by atoms with Gasteiger partial charge in [0.15, 0.2) is 0 Å². The Hall–Kier alpha value is -1.42. The Bertz CT molecular complexity index is 783. The number of hydrogen-bond acceptors (Lipinski definition) is 3. The summed E-state index contributed by atoms with van der Waals surface area (Å²) in [6.45, 7) is 2.13. The summed E-state index contributed by atoms with van der Waals surface area (Å²) in [7, 11) is 0. The maximum atomic E-state index is 6.25. The van der Waals surface area contributed by atoms with E-state index in [0.717, 1.165) is 28.2 Å². The molecule has 0 amide bonds. The second-order valence-electron chi connectivity index (χ2n) is 4.55. The molecule has 0 aliphatic rings. The summed E-state index contributed by atoms with van der Waals surface area (Å²) in [6.07, 6.45) is 4.63. The molecule has 106 valence electrons. The molecule has 0 radical (unpaired) electrons. The van der Waals surface area contributed by atoms with Gasteiger partial charge in [-0.05, 0) is 36.2 Å².